The van der Waals surface area contributed by atoms with Gasteiger partial charge in [0.15, 0.2) is 5.76 Å². The highest BCUT2D eigenvalue weighted by molar-refractivity contribution is 5.96. The molecule has 1 unspecified atom stereocenters. The Balaban J connectivity index is 1.48. The Labute approximate surface area is 146 Å². The van der Waals surface area contributed by atoms with Crippen LogP contribution in [0, 0.1) is 13.8 Å². The number of likely N-dealkylation sites (tertiary alicyclic amines) is 1. The topological polar surface area (TPSA) is 55.6 Å². The van der Waals surface area contributed by atoms with Crippen molar-refractivity contribution in [2.45, 2.75) is 26.4 Å². The molecule has 0 N–H and O–H groups in total. The smallest absolute Gasteiger partial charge is 0.289 e. The molecule has 4 rings (SSSR count). The molecule has 1 saturated heterocycles. The standard InChI is InChI=1S/C20H20N2O3/c1-13-9-15-11-18(25-17(15)10-14(13)2)20(23)22-8-6-16(12-22)24-19-5-3-4-7-21-19/h3-5,7,9-11,16H,6,8,12H2,1-2H3. The summed E-state index contributed by atoms with van der Waals surface area (Å²) >= 11 is 0. The first-order chi connectivity index (χ1) is 12.1. The van der Waals surface area contributed by atoms with Gasteiger partial charge >= 0.3 is 0 Å². The molecule has 3 heterocycles. The Morgan fingerprint density at radius 2 is 2.08 bits per heavy atom. The molecule has 1 aliphatic rings. The van der Waals surface area contributed by atoms with Gasteiger partial charge in [-0.15, -0.1) is 0 Å². The largest absolute Gasteiger partial charge is 0.472 e. The molecule has 1 aromatic carbocycles. The van der Waals surface area contributed by atoms with E-state index in [4.69, 9.17) is 9.15 Å². The minimum Gasteiger partial charge on any atom is -0.472 e. The molecule has 5 heteroatoms. The van der Waals surface area contributed by atoms with Gasteiger partial charge in [0.25, 0.3) is 5.91 Å². The highest BCUT2D eigenvalue weighted by atomic mass is 16.5. The van der Waals surface area contributed by atoms with E-state index in [1.54, 1.807) is 11.1 Å². The van der Waals surface area contributed by atoms with Crippen LogP contribution in [-0.4, -0.2) is 35.0 Å². The van der Waals surface area contributed by atoms with Gasteiger partial charge < -0.3 is 14.1 Å². The van der Waals surface area contributed by atoms with E-state index < -0.39 is 0 Å². The number of carbonyl (C=O) groups excluding carboxylic acids is 1. The number of carbonyl (C=O) groups is 1. The van der Waals surface area contributed by atoms with Crippen LogP contribution >= 0.6 is 0 Å². The number of aromatic nitrogens is 1. The van der Waals surface area contributed by atoms with E-state index >= 15 is 0 Å². The highest BCUT2D eigenvalue weighted by Gasteiger charge is 2.30. The summed E-state index contributed by atoms with van der Waals surface area (Å²) in [5, 5.41) is 0.965. The number of furan rings is 1. The first-order valence-corrected chi connectivity index (χ1v) is 8.48. The summed E-state index contributed by atoms with van der Waals surface area (Å²) in [5.74, 6) is 0.897. The zero-order valence-corrected chi connectivity index (χ0v) is 14.4. The number of aryl methyl sites for hydroxylation is 2. The van der Waals surface area contributed by atoms with Crippen LogP contribution in [0.2, 0.25) is 0 Å². The maximum atomic E-state index is 12.7. The van der Waals surface area contributed by atoms with Crippen molar-refractivity contribution in [3.05, 3.63) is 59.5 Å². The highest BCUT2D eigenvalue weighted by Crippen LogP contribution is 2.25. The number of rotatable bonds is 3. The van der Waals surface area contributed by atoms with Crippen LogP contribution in [0.5, 0.6) is 5.88 Å². The van der Waals surface area contributed by atoms with Crippen LogP contribution in [0.1, 0.15) is 28.1 Å². The fourth-order valence-electron chi connectivity index (χ4n) is 3.16. The van der Waals surface area contributed by atoms with Crippen molar-refractivity contribution in [3.8, 4) is 5.88 Å². The summed E-state index contributed by atoms with van der Waals surface area (Å²) in [6.07, 6.45) is 2.46. The minimum atomic E-state index is -0.0846. The van der Waals surface area contributed by atoms with Crippen LogP contribution in [0.4, 0.5) is 0 Å². The molecular formula is C20H20N2O3. The summed E-state index contributed by atoms with van der Waals surface area (Å²) in [6, 6.07) is 11.4. The summed E-state index contributed by atoms with van der Waals surface area (Å²) in [6.45, 7) is 5.30. The average molecular weight is 336 g/mol. The third-order valence-corrected chi connectivity index (χ3v) is 4.70. The molecule has 2 aromatic heterocycles. The maximum Gasteiger partial charge on any atom is 0.289 e. The van der Waals surface area contributed by atoms with Crippen molar-refractivity contribution in [1.29, 1.82) is 0 Å². The zero-order chi connectivity index (χ0) is 17.4. The third kappa shape index (κ3) is 3.09. The predicted molar refractivity (Wildman–Crippen MR) is 94.9 cm³/mol. The molecule has 1 fully saturated rings. The Kier molecular flexibility index (Phi) is 3.92. The van der Waals surface area contributed by atoms with Crippen LogP contribution < -0.4 is 4.74 Å². The SMILES string of the molecule is Cc1cc2cc(C(=O)N3CCC(Oc4ccccn4)C3)oc2cc1C. The molecule has 128 valence electrons. The summed E-state index contributed by atoms with van der Waals surface area (Å²) in [7, 11) is 0. The fraction of sp³-hybridized carbons (Fsp3) is 0.300. The second-order valence-electron chi connectivity index (χ2n) is 6.53. The number of hydrogen-bond donors (Lipinski definition) is 0. The van der Waals surface area contributed by atoms with Gasteiger partial charge in [0, 0.05) is 30.6 Å². The molecule has 0 radical (unpaired) electrons. The fourth-order valence-corrected chi connectivity index (χ4v) is 3.16. The molecule has 1 amide bonds. The van der Waals surface area contributed by atoms with Gasteiger partial charge in [-0.2, -0.15) is 0 Å². The molecule has 3 aromatic rings. The minimum absolute atomic E-state index is 0.0345. The second kappa shape index (κ2) is 6.24. The lowest BCUT2D eigenvalue weighted by atomic mass is 10.1. The van der Waals surface area contributed by atoms with E-state index in [0.717, 1.165) is 23.0 Å². The quantitative estimate of drug-likeness (QED) is 0.731. The number of ether oxygens (including phenoxy) is 1. The van der Waals surface area contributed by atoms with Crippen molar-refractivity contribution >= 4 is 16.9 Å². The lowest BCUT2D eigenvalue weighted by Gasteiger charge is -2.15. The molecule has 25 heavy (non-hydrogen) atoms. The van der Waals surface area contributed by atoms with E-state index in [0.29, 0.717) is 24.7 Å². The predicted octanol–water partition coefficient (Wildman–Crippen LogP) is 3.74. The molecule has 0 spiro atoms. The van der Waals surface area contributed by atoms with Crippen molar-refractivity contribution < 1.29 is 13.9 Å². The molecule has 0 bridgehead atoms. The van der Waals surface area contributed by atoms with Gasteiger partial charge in [-0.25, -0.2) is 4.98 Å². The van der Waals surface area contributed by atoms with E-state index in [1.807, 2.05) is 37.3 Å². The number of amides is 1. The van der Waals surface area contributed by atoms with Crippen LogP contribution in [-0.2, 0) is 0 Å². The van der Waals surface area contributed by atoms with Crippen molar-refractivity contribution in [3.63, 3.8) is 0 Å². The molecule has 0 aliphatic carbocycles. The third-order valence-electron chi connectivity index (χ3n) is 4.70. The first kappa shape index (κ1) is 15.7. The first-order valence-electron chi connectivity index (χ1n) is 8.48. The number of fused-ring (bicyclic) bond motifs is 1. The Morgan fingerprint density at radius 3 is 2.88 bits per heavy atom. The van der Waals surface area contributed by atoms with Gasteiger partial charge in [0.1, 0.15) is 11.7 Å². The summed E-state index contributed by atoms with van der Waals surface area (Å²) in [4.78, 5) is 18.7. The Hall–Kier alpha value is -2.82. The lowest BCUT2D eigenvalue weighted by molar-refractivity contribution is 0.0742. The van der Waals surface area contributed by atoms with Crippen LogP contribution in [0.15, 0.2) is 47.0 Å². The second-order valence-corrected chi connectivity index (χ2v) is 6.53. The van der Waals surface area contributed by atoms with E-state index in [9.17, 15) is 4.79 Å². The van der Waals surface area contributed by atoms with Gasteiger partial charge in [0.05, 0.1) is 6.54 Å². The molecule has 5 nitrogen and oxygen atoms in total. The molecule has 1 aliphatic heterocycles. The number of hydrogen-bond acceptors (Lipinski definition) is 4. The maximum absolute atomic E-state index is 12.7. The molecule has 1 atom stereocenters. The Morgan fingerprint density at radius 1 is 1.24 bits per heavy atom. The van der Waals surface area contributed by atoms with Gasteiger partial charge in [-0.1, -0.05) is 6.07 Å². The zero-order valence-electron chi connectivity index (χ0n) is 14.4. The lowest BCUT2D eigenvalue weighted by Crippen LogP contribution is -2.30. The number of pyridine rings is 1. The monoisotopic (exact) mass is 336 g/mol. The number of benzene rings is 1. The van der Waals surface area contributed by atoms with E-state index in [2.05, 4.69) is 18.0 Å². The average Bonchev–Trinajstić information content (AvgIpc) is 3.23. The van der Waals surface area contributed by atoms with E-state index in [1.165, 1.54) is 5.56 Å². The van der Waals surface area contributed by atoms with Crippen LogP contribution in [0.25, 0.3) is 11.0 Å². The summed E-state index contributed by atoms with van der Waals surface area (Å²) in [5.41, 5.74) is 3.11. The van der Waals surface area contributed by atoms with Gasteiger partial charge in [-0.05, 0) is 49.2 Å². The van der Waals surface area contributed by atoms with Gasteiger partial charge in [0.2, 0.25) is 5.88 Å². The normalized spacial score (nSPS) is 17.2. The van der Waals surface area contributed by atoms with Crippen LogP contribution in [0.3, 0.4) is 0 Å². The Bertz CT molecular complexity index is 878. The van der Waals surface area contributed by atoms with Crippen molar-refractivity contribution in [2.75, 3.05) is 13.1 Å². The molecule has 0 saturated carbocycles. The van der Waals surface area contributed by atoms with Gasteiger partial charge in [-0.3, -0.25) is 4.79 Å². The number of nitrogens with zero attached hydrogens (tertiary/aromatic N) is 2. The van der Waals surface area contributed by atoms with E-state index in [-0.39, 0.29) is 12.0 Å². The molecular weight excluding hydrogens is 316 g/mol. The van der Waals surface area contributed by atoms with Crippen molar-refractivity contribution in [1.82, 2.24) is 9.88 Å². The summed E-state index contributed by atoms with van der Waals surface area (Å²) < 4.78 is 11.6. The van der Waals surface area contributed by atoms with Crippen molar-refractivity contribution in [2.24, 2.45) is 0 Å².